The topological polar surface area (TPSA) is 75.3 Å². The molecule has 0 aromatic heterocycles. The Kier molecular flexibility index (Phi) is 4.70. The molecule has 5 nitrogen and oxygen atoms in total. The standard InChI is InChI=1S/C13H20N2O3S/c1-5-14-19(17,18)11-8-6-10(7-9-11)15-12(16)13(2,3)4/h6-9,14H,5H2,1-4H3,(H,15,16). The number of nitrogens with one attached hydrogen (secondary N) is 2. The molecule has 0 aliphatic carbocycles. The minimum absolute atomic E-state index is 0.116. The van der Waals surface area contributed by atoms with E-state index in [2.05, 4.69) is 10.0 Å². The lowest BCUT2D eigenvalue weighted by Crippen LogP contribution is -2.27. The van der Waals surface area contributed by atoms with E-state index in [1.807, 2.05) is 20.8 Å². The van der Waals surface area contributed by atoms with Crippen LogP contribution in [0.2, 0.25) is 0 Å². The van der Waals surface area contributed by atoms with Gasteiger partial charge >= 0.3 is 0 Å². The third kappa shape index (κ3) is 4.33. The molecule has 106 valence electrons. The van der Waals surface area contributed by atoms with Gasteiger partial charge in [0.15, 0.2) is 0 Å². The van der Waals surface area contributed by atoms with E-state index in [1.165, 1.54) is 12.1 Å². The Labute approximate surface area is 114 Å². The van der Waals surface area contributed by atoms with E-state index in [0.717, 1.165) is 0 Å². The molecular weight excluding hydrogens is 264 g/mol. The zero-order valence-corrected chi connectivity index (χ0v) is 12.5. The van der Waals surface area contributed by atoms with E-state index < -0.39 is 15.4 Å². The fourth-order valence-corrected chi connectivity index (χ4v) is 2.35. The first-order valence-electron chi connectivity index (χ1n) is 6.08. The summed E-state index contributed by atoms with van der Waals surface area (Å²) in [6, 6.07) is 6.09. The van der Waals surface area contributed by atoms with Crippen molar-refractivity contribution >= 4 is 21.6 Å². The van der Waals surface area contributed by atoms with Crippen LogP contribution in [-0.4, -0.2) is 20.9 Å². The normalized spacial score (nSPS) is 12.2. The third-order valence-electron chi connectivity index (χ3n) is 2.44. The van der Waals surface area contributed by atoms with Crippen molar-refractivity contribution in [2.24, 2.45) is 5.41 Å². The minimum Gasteiger partial charge on any atom is -0.326 e. The van der Waals surface area contributed by atoms with Gasteiger partial charge in [-0.1, -0.05) is 27.7 Å². The summed E-state index contributed by atoms with van der Waals surface area (Å²) < 4.78 is 25.9. The Morgan fingerprint density at radius 3 is 2.11 bits per heavy atom. The van der Waals surface area contributed by atoms with E-state index in [1.54, 1.807) is 19.1 Å². The Morgan fingerprint density at radius 2 is 1.68 bits per heavy atom. The predicted octanol–water partition coefficient (Wildman–Crippen LogP) is 1.97. The van der Waals surface area contributed by atoms with Crippen LogP contribution in [0.15, 0.2) is 29.2 Å². The summed E-state index contributed by atoms with van der Waals surface area (Å²) in [5.74, 6) is -0.116. The highest BCUT2D eigenvalue weighted by molar-refractivity contribution is 7.89. The Morgan fingerprint density at radius 1 is 1.16 bits per heavy atom. The largest absolute Gasteiger partial charge is 0.326 e. The van der Waals surface area contributed by atoms with E-state index in [9.17, 15) is 13.2 Å². The fraction of sp³-hybridized carbons (Fsp3) is 0.462. The van der Waals surface area contributed by atoms with Crippen molar-refractivity contribution < 1.29 is 13.2 Å². The highest BCUT2D eigenvalue weighted by Crippen LogP contribution is 2.18. The van der Waals surface area contributed by atoms with Crippen LogP contribution >= 0.6 is 0 Å². The zero-order chi connectivity index (χ0) is 14.7. The van der Waals surface area contributed by atoms with Gasteiger partial charge in [0.2, 0.25) is 15.9 Å². The van der Waals surface area contributed by atoms with Crippen LogP contribution in [0.5, 0.6) is 0 Å². The van der Waals surface area contributed by atoms with Crippen molar-refractivity contribution in [2.45, 2.75) is 32.6 Å². The van der Waals surface area contributed by atoms with Gasteiger partial charge in [-0.05, 0) is 24.3 Å². The van der Waals surface area contributed by atoms with Gasteiger partial charge < -0.3 is 5.32 Å². The lowest BCUT2D eigenvalue weighted by molar-refractivity contribution is -0.123. The minimum atomic E-state index is -3.45. The molecule has 1 rings (SSSR count). The SMILES string of the molecule is CCNS(=O)(=O)c1ccc(NC(=O)C(C)(C)C)cc1. The lowest BCUT2D eigenvalue weighted by atomic mass is 9.95. The molecule has 0 saturated heterocycles. The third-order valence-corrected chi connectivity index (χ3v) is 4.00. The second-order valence-corrected chi connectivity index (χ2v) is 7.00. The molecule has 0 radical (unpaired) electrons. The number of benzene rings is 1. The maximum atomic E-state index is 11.8. The van der Waals surface area contributed by atoms with E-state index in [-0.39, 0.29) is 10.8 Å². The molecule has 1 aromatic carbocycles. The van der Waals surface area contributed by atoms with Crippen molar-refractivity contribution in [2.75, 3.05) is 11.9 Å². The van der Waals surface area contributed by atoms with Crippen LogP contribution in [0, 0.1) is 5.41 Å². The van der Waals surface area contributed by atoms with Gasteiger partial charge in [-0.15, -0.1) is 0 Å². The quantitative estimate of drug-likeness (QED) is 0.887. The summed E-state index contributed by atoms with van der Waals surface area (Å²) in [5, 5.41) is 2.74. The van der Waals surface area contributed by atoms with Gasteiger partial charge in [0, 0.05) is 17.6 Å². The number of amides is 1. The molecule has 0 aliphatic rings. The highest BCUT2D eigenvalue weighted by atomic mass is 32.2. The second kappa shape index (κ2) is 5.71. The van der Waals surface area contributed by atoms with Crippen LogP contribution < -0.4 is 10.0 Å². The summed E-state index contributed by atoms with van der Waals surface area (Å²) in [4.78, 5) is 12.0. The molecule has 0 fully saturated rings. The van der Waals surface area contributed by atoms with Crippen LogP contribution in [0.4, 0.5) is 5.69 Å². The van der Waals surface area contributed by atoms with E-state index in [0.29, 0.717) is 12.2 Å². The number of hydrogen-bond acceptors (Lipinski definition) is 3. The summed E-state index contributed by atoms with van der Waals surface area (Å²) in [7, 11) is -3.45. The first-order valence-corrected chi connectivity index (χ1v) is 7.56. The smallest absolute Gasteiger partial charge is 0.240 e. The molecule has 0 spiro atoms. The molecular formula is C13H20N2O3S. The average Bonchev–Trinajstić information content (AvgIpc) is 2.28. The number of hydrogen-bond donors (Lipinski definition) is 2. The summed E-state index contributed by atoms with van der Waals surface area (Å²) in [6.07, 6.45) is 0. The summed E-state index contributed by atoms with van der Waals surface area (Å²) >= 11 is 0. The van der Waals surface area contributed by atoms with Crippen molar-refractivity contribution in [3.05, 3.63) is 24.3 Å². The maximum absolute atomic E-state index is 11.8. The lowest BCUT2D eigenvalue weighted by Gasteiger charge is -2.17. The highest BCUT2D eigenvalue weighted by Gasteiger charge is 2.21. The van der Waals surface area contributed by atoms with Crippen LogP contribution in [0.25, 0.3) is 0 Å². The summed E-state index contributed by atoms with van der Waals surface area (Å²) in [5.41, 5.74) is 0.0875. The fourth-order valence-electron chi connectivity index (χ4n) is 1.31. The zero-order valence-electron chi connectivity index (χ0n) is 11.6. The van der Waals surface area contributed by atoms with E-state index in [4.69, 9.17) is 0 Å². The predicted molar refractivity (Wildman–Crippen MR) is 75.4 cm³/mol. The number of sulfonamides is 1. The molecule has 0 saturated carbocycles. The van der Waals surface area contributed by atoms with Crippen molar-refractivity contribution in [1.29, 1.82) is 0 Å². The van der Waals surface area contributed by atoms with Crippen molar-refractivity contribution in [3.63, 3.8) is 0 Å². The van der Waals surface area contributed by atoms with Gasteiger partial charge in [-0.2, -0.15) is 0 Å². The van der Waals surface area contributed by atoms with Gasteiger partial charge in [0.25, 0.3) is 0 Å². The maximum Gasteiger partial charge on any atom is 0.240 e. The van der Waals surface area contributed by atoms with Gasteiger partial charge in [0.05, 0.1) is 4.90 Å². The number of carbonyl (C=O) groups is 1. The first kappa shape index (κ1) is 15.7. The molecule has 0 unspecified atom stereocenters. The molecule has 2 N–H and O–H groups in total. The van der Waals surface area contributed by atoms with Gasteiger partial charge in [-0.3, -0.25) is 4.79 Å². The van der Waals surface area contributed by atoms with Crippen molar-refractivity contribution in [3.8, 4) is 0 Å². The van der Waals surface area contributed by atoms with Crippen molar-refractivity contribution in [1.82, 2.24) is 4.72 Å². The molecule has 1 amide bonds. The number of anilines is 1. The number of carbonyl (C=O) groups excluding carboxylic acids is 1. The van der Waals surface area contributed by atoms with E-state index >= 15 is 0 Å². The monoisotopic (exact) mass is 284 g/mol. The Hall–Kier alpha value is -1.40. The molecule has 0 atom stereocenters. The van der Waals surface area contributed by atoms with Crippen LogP contribution in [0.1, 0.15) is 27.7 Å². The van der Waals surface area contributed by atoms with Gasteiger partial charge in [-0.25, -0.2) is 13.1 Å². The number of rotatable bonds is 4. The van der Waals surface area contributed by atoms with Crippen LogP contribution in [-0.2, 0) is 14.8 Å². The van der Waals surface area contributed by atoms with Gasteiger partial charge in [0.1, 0.15) is 0 Å². The molecule has 19 heavy (non-hydrogen) atoms. The summed E-state index contributed by atoms with van der Waals surface area (Å²) in [6.45, 7) is 7.49. The molecule has 1 aromatic rings. The molecule has 0 heterocycles. The van der Waals surface area contributed by atoms with Crippen LogP contribution in [0.3, 0.4) is 0 Å². The molecule has 6 heteroatoms. The molecule has 0 bridgehead atoms. The average molecular weight is 284 g/mol. The Balaban J connectivity index is 2.86. The second-order valence-electron chi connectivity index (χ2n) is 5.23. The first-order chi connectivity index (χ1) is 8.66. The Bertz CT molecular complexity index is 542. The molecule has 0 aliphatic heterocycles.